The van der Waals surface area contributed by atoms with Crippen LogP contribution in [-0.2, 0) is 0 Å². The molecule has 0 radical (unpaired) electrons. The summed E-state index contributed by atoms with van der Waals surface area (Å²) in [4.78, 5) is 0. The molecule has 1 heterocycles. The zero-order valence-corrected chi connectivity index (χ0v) is 9.83. The van der Waals surface area contributed by atoms with Gasteiger partial charge in [-0.05, 0) is 16.7 Å². The van der Waals surface area contributed by atoms with Crippen molar-refractivity contribution >= 4 is 35.6 Å². The Hall–Kier alpha value is -1.45. The van der Waals surface area contributed by atoms with Crippen molar-refractivity contribution in [2.45, 2.75) is 0 Å². The normalized spacial score (nSPS) is 9.50. The Balaban J connectivity index is 0.000000640. The highest BCUT2D eigenvalue weighted by Gasteiger charge is 2.08. The average Bonchev–Trinajstić information content (AvgIpc) is 2.61. The van der Waals surface area contributed by atoms with E-state index in [0.717, 1.165) is 22.2 Å². The van der Waals surface area contributed by atoms with Gasteiger partial charge in [0.2, 0.25) is 0 Å². The molecule has 3 nitrogen and oxygen atoms in total. The summed E-state index contributed by atoms with van der Waals surface area (Å²) >= 11 is 0. The van der Waals surface area contributed by atoms with Gasteiger partial charge in [0.05, 0.1) is 0 Å². The Morgan fingerprint density at radius 1 is 0.750 bits per heavy atom. The second-order valence-corrected chi connectivity index (χ2v) is 3.14. The lowest BCUT2D eigenvalue weighted by Gasteiger charge is -1.92. The van der Waals surface area contributed by atoms with Gasteiger partial charge in [0, 0.05) is 5.39 Å². The lowest BCUT2D eigenvalue weighted by molar-refractivity contribution is 0.953. The van der Waals surface area contributed by atoms with Gasteiger partial charge in [0.1, 0.15) is 11.4 Å². The third-order valence-electron chi connectivity index (χ3n) is 2.29. The molecule has 1 aliphatic carbocycles. The molecule has 0 amide bonds. The van der Waals surface area contributed by atoms with Crippen LogP contribution in [0.3, 0.4) is 0 Å². The first-order valence-electron chi connectivity index (χ1n) is 4.42. The fraction of sp³-hybridized carbons (Fsp3) is 0. The van der Waals surface area contributed by atoms with Gasteiger partial charge in [0.15, 0.2) is 0 Å². The summed E-state index contributed by atoms with van der Waals surface area (Å²) in [5, 5.41) is 13.9. The van der Waals surface area contributed by atoms with E-state index in [1.807, 2.05) is 30.3 Å². The molecule has 0 atom stereocenters. The number of hydrogen-bond donors (Lipinski definition) is 0. The number of benzene rings is 1. The van der Waals surface area contributed by atoms with E-state index in [1.165, 1.54) is 0 Å². The molecule has 1 aromatic carbocycles. The van der Waals surface area contributed by atoms with Gasteiger partial charge in [-0.3, -0.25) is 0 Å². The monoisotopic (exact) mass is 253 g/mol. The minimum atomic E-state index is 0. The molecule has 0 N–H and O–H groups in total. The number of fused-ring (bicyclic) bond motifs is 3. The van der Waals surface area contributed by atoms with Crippen LogP contribution in [0.4, 0.5) is 0 Å². The SMILES string of the molecule is Cl.Cl.c1ccc2c3nnnc-3cccc2c1. The van der Waals surface area contributed by atoms with Crippen molar-refractivity contribution in [3.8, 4) is 11.4 Å². The molecule has 1 aromatic rings. The molecule has 82 valence electrons. The van der Waals surface area contributed by atoms with Crippen LogP contribution in [-0.4, -0.2) is 15.4 Å². The number of hydrogen-bond acceptors (Lipinski definition) is 3. The van der Waals surface area contributed by atoms with E-state index in [1.54, 1.807) is 0 Å². The molecular weight excluding hydrogens is 245 g/mol. The minimum Gasteiger partial charge on any atom is -0.147 e. The molecule has 0 saturated carbocycles. The molecule has 1 aliphatic heterocycles. The molecule has 0 aromatic heterocycles. The maximum atomic E-state index is 4.03. The summed E-state index contributed by atoms with van der Waals surface area (Å²) in [7, 11) is 0. The van der Waals surface area contributed by atoms with Crippen LogP contribution in [0, 0.1) is 0 Å². The lowest BCUT2D eigenvalue weighted by Crippen LogP contribution is -1.74. The van der Waals surface area contributed by atoms with Crippen LogP contribution >= 0.6 is 24.8 Å². The first-order chi connectivity index (χ1) is 6.95. The molecule has 2 aliphatic rings. The predicted molar refractivity (Wildman–Crippen MR) is 68.5 cm³/mol. The van der Waals surface area contributed by atoms with Crippen LogP contribution < -0.4 is 0 Å². The van der Waals surface area contributed by atoms with E-state index in [9.17, 15) is 0 Å². The van der Waals surface area contributed by atoms with Crippen LogP contribution in [0.2, 0.25) is 0 Å². The van der Waals surface area contributed by atoms with Crippen LogP contribution in [0.1, 0.15) is 0 Å². The number of nitrogens with zero attached hydrogens (tertiary/aromatic N) is 3. The molecule has 5 heteroatoms. The number of aromatic nitrogens is 3. The van der Waals surface area contributed by atoms with Gasteiger partial charge >= 0.3 is 0 Å². The van der Waals surface area contributed by atoms with E-state index in [4.69, 9.17) is 0 Å². The molecule has 3 rings (SSSR count). The Kier molecular flexibility index (Phi) is 3.99. The first-order valence-corrected chi connectivity index (χ1v) is 4.42. The molecule has 0 unspecified atom stereocenters. The van der Waals surface area contributed by atoms with E-state index in [2.05, 4.69) is 27.5 Å². The fourth-order valence-corrected chi connectivity index (χ4v) is 1.62. The largest absolute Gasteiger partial charge is 0.147 e. The Labute approximate surface area is 105 Å². The summed E-state index contributed by atoms with van der Waals surface area (Å²) in [6, 6.07) is 14.1. The van der Waals surface area contributed by atoms with Gasteiger partial charge < -0.3 is 0 Å². The van der Waals surface area contributed by atoms with Gasteiger partial charge in [0.25, 0.3) is 0 Å². The topological polar surface area (TPSA) is 38.7 Å². The first kappa shape index (κ1) is 12.6. The lowest BCUT2D eigenvalue weighted by atomic mass is 10.1. The fourth-order valence-electron chi connectivity index (χ4n) is 1.62. The smallest absolute Gasteiger partial charge is 0.123 e. The van der Waals surface area contributed by atoms with Crippen molar-refractivity contribution in [3.05, 3.63) is 42.5 Å². The molecule has 0 fully saturated rings. The highest BCUT2D eigenvalue weighted by atomic mass is 35.5. The van der Waals surface area contributed by atoms with Crippen LogP contribution in [0.25, 0.3) is 22.2 Å². The molecule has 16 heavy (non-hydrogen) atoms. The summed E-state index contributed by atoms with van der Waals surface area (Å²) in [6.07, 6.45) is 0. The maximum absolute atomic E-state index is 4.03. The second kappa shape index (κ2) is 5.05. The summed E-state index contributed by atoms with van der Waals surface area (Å²) < 4.78 is 0. The highest BCUT2D eigenvalue weighted by Crippen LogP contribution is 2.24. The third-order valence-corrected chi connectivity index (χ3v) is 2.29. The van der Waals surface area contributed by atoms with Crippen molar-refractivity contribution in [3.63, 3.8) is 0 Å². The second-order valence-electron chi connectivity index (χ2n) is 3.14. The Morgan fingerprint density at radius 3 is 2.38 bits per heavy atom. The van der Waals surface area contributed by atoms with Crippen LogP contribution in [0.5, 0.6) is 0 Å². The molecular formula is C11H9Cl2N3. The zero-order valence-electron chi connectivity index (χ0n) is 8.20. The summed E-state index contributed by atoms with van der Waals surface area (Å²) in [6.45, 7) is 0. The van der Waals surface area contributed by atoms with Crippen molar-refractivity contribution in [1.82, 2.24) is 15.4 Å². The molecule has 0 saturated heterocycles. The Bertz CT molecular complexity index is 571. The van der Waals surface area contributed by atoms with E-state index in [0.29, 0.717) is 0 Å². The van der Waals surface area contributed by atoms with Crippen LogP contribution in [0.15, 0.2) is 42.5 Å². The quantitative estimate of drug-likeness (QED) is 0.619. The molecule has 0 bridgehead atoms. The molecule has 0 spiro atoms. The number of halogens is 2. The van der Waals surface area contributed by atoms with E-state index < -0.39 is 0 Å². The standard InChI is InChI=1S/C11H7N3.2ClH/c1-2-6-9-8(4-1)5-3-7-10-11(9)13-14-12-10;;/h1-7H;2*1H. The van der Waals surface area contributed by atoms with Gasteiger partial charge in [-0.25, -0.2) is 0 Å². The zero-order chi connectivity index (χ0) is 9.38. The van der Waals surface area contributed by atoms with Gasteiger partial charge in [-0.1, -0.05) is 36.4 Å². The van der Waals surface area contributed by atoms with Crippen molar-refractivity contribution in [1.29, 1.82) is 0 Å². The highest BCUT2D eigenvalue weighted by molar-refractivity contribution is 5.93. The Morgan fingerprint density at radius 2 is 1.50 bits per heavy atom. The maximum Gasteiger partial charge on any atom is 0.123 e. The average molecular weight is 254 g/mol. The number of rotatable bonds is 0. The predicted octanol–water partition coefficient (Wildman–Crippen LogP) is 2.97. The van der Waals surface area contributed by atoms with Gasteiger partial charge in [-0.2, -0.15) is 0 Å². The van der Waals surface area contributed by atoms with Crippen molar-refractivity contribution in [2.75, 3.05) is 0 Å². The minimum absolute atomic E-state index is 0. The summed E-state index contributed by atoms with van der Waals surface area (Å²) in [5.41, 5.74) is 1.71. The third kappa shape index (κ3) is 1.92. The van der Waals surface area contributed by atoms with Gasteiger partial charge in [-0.15, -0.1) is 35.0 Å². The van der Waals surface area contributed by atoms with Crippen molar-refractivity contribution < 1.29 is 0 Å². The van der Waals surface area contributed by atoms with E-state index in [-0.39, 0.29) is 24.8 Å². The summed E-state index contributed by atoms with van der Waals surface area (Å²) in [5.74, 6) is 0. The van der Waals surface area contributed by atoms with Crippen molar-refractivity contribution in [2.24, 2.45) is 0 Å². The van der Waals surface area contributed by atoms with E-state index >= 15 is 0 Å².